The van der Waals surface area contributed by atoms with Crippen molar-refractivity contribution in [1.29, 1.82) is 0 Å². The molecule has 0 amide bonds. The lowest BCUT2D eigenvalue weighted by molar-refractivity contribution is 0.475. The van der Waals surface area contributed by atoms with Gasteiger partial charge in [-0.25, -0.2) is 0 Å². The summed E-state index contributed by atoms with van der Waals surface area (Å²) in [5, 5.41) is 10.7. The Morgan fingerprint density at radius 1 is 0.667 bits per heavy atom. The molecule has 0 atom stereocenters. The maximum absolute atomic E-state index is 8.63. The van der Waals surface area contributed by atoms with Crippen molar-refractivity contribution < 1.29 is 5.11 Å². The smallest absolute Gasteiger partial charge is 0.115 e. The van der Waals surface area contributed by atoms with Crippen LogP contribution < -0.4 is 0 Å². The molecule has 3 aromatic rings. The molecule has 0 aliphatic carbocycles. The molecule has 2 aromatic carbocycles. The molecular formula is C16H14OS. The van der Waals surface area contributed by atoms with Crippen LogP contribution in [0.5, 0.6) is 5.75 Å². The summed E-state index contributed by atoms with van der Waals surface area (Å²) in [5.41, 5.74) is 1.31. The minimum atomic E-state index is 0.322. The van der Waals surface area contributed by atoms with Crippen LogP contribution in [-0.4, -0.2) is 5.11 Å². The molecule has 18 heavy (non-hydrogen) atoms. The van der Waals surface area contributed by atoms with Gasteiger partial charge in [0.2, 0.25) is 0 Å². The molecule has 0 radical (unpaired) electrons. The third-order valence-electron chi connectivity index (χ3n) is 2.34. The zero-order valence-corrected chi connectivity index (χ0v) is 10.7. The lowest BCUT2D eigenvalue weighted by Crippen LogP contribution is -1.67. The fraction of sp³-hybridized carbons (Fsp3) is 0. The highest BCUT2D eigenvalue weighted by molar-refractivity contribution is 7.13. The first-order valence-corrected chi connectivity index (χ1v) is 6.57. The molecule has 1 aromatic heterocycles. The van der Waals surface area contributed by atoms with Crippen molar-refractivity contribution in [3.8, 4) is 16.2 Å². The zero-order valence-electron chi connectivity index (χ0n) is 9.86. The number of phenolic OH excluding ortho intramolecular Hbond substituents is 1. The highest BCUT2D eigenvalue weighted by Gasteiger charge is 1.93. The molecular weight excluding hydrogens is 240 g/mol. The Hall–Kier alpha value is -2.06. The Labute approximate surface area is 111 Å². The van der Waals surface area contributed by atoms with E-state index in [1.54, 1.807) is 35.6 Å². The number of benzene rings is 2. The summed E-state index contributed by atoms with van der Waals surface area (Å²) in [4.78, 5) is 1.34. The van der Waals surface area contributed by atoms with Crippen LogP contribution in [0.2, 0.25) is 0 Å². The standard InChI is InChI=1S/C10H8S.C6H6O/c1-2-5-9(6-3-1)10-7-4-8-11-10;7-6-4-2-1-3-5-6/h1-8H;1-5,7H. The summed E-state index contributed by atoms with van der Waals surface area (Å²) in [5.74, 6) is 0.322. The monoisotopic (exact) mass is 254 g/mol. The van der Waals surface area contributed by atoms with Gasteiger partial charge in [-0.15, -0.1) is 11.3 Å². The fourth-order valence-electron chi connectivity index (χ4n) is 1.47. The summed E-state index contributed by atoms with van der Waals surface area (Å²) in [6, 6.07) is 23.4. The number of aromatic hydroxyl groups is 1. The van der Waals surface area contributed by atoms with Crippen LogP contribution in [0.3, 0.4) is 0 Å². The summed E-state index contributed by atoms with van der Waals surface area (Å²) >= 11 is 1.78. The SMILES string of the molecule is Oc1ccccc1.c1ccc(-c2cccs2)cc1. The molecule has 0 unspecified atom stereocenters. The summed E-state index contributed by atoms with van der Waals surface area (Å²) in [6.45, 7) is 0. The molecule has 0 aliphatic rings. The molecule has 1 nitrogen and oxygen atoms in total. The van der Waals surface area contributed by atoms with E-state index in [1.165, 1.54) is 10.4 Å². The maximum atomic E-state index is 8.63. The Morgan fingerprint density at radius 3 is 1.72 bits per heavy atom. The number of hydrogen-bond acceptors (Lipinski definition) is 2. The first-order chi connectivity index (χ1) is 8.86. The van der Waals surface area contributed by atoms with E-state index in [2.05, 4.69) is 41.8 Å². The van der Waals surface area contributed by atoms with Gasteiger partial charge in [-0.2, -0.15) is 0 Å². The third-order valence-corrected chi connectivity index (χ3v) is 3.25. The van der Waals surface area contributed by atoms with E-state index in [9.17, 15) is 0 Å². The van der Waals surface area contributed by atoms with Gasteiger partial charge < -0.3 is 5.11 Å². The zero-order chi connectivity index (χ0) is 12.6. The molecule has 0 aliphatic heterocycles. The van der Waals surface area contributed by atoms with Crippen molar-refractivity contribution in [2.45, 2.75) is 0 Å². The molecule has 90 valence electrons. The predicted octanol–water partition coefficient (Wildman–Crippen LogP) is 4.81. The fourth-order valence-corrected chi connectivity index (χ4v) is 2.21. The topological polar surface area (TPSA) is 20.2 Å². The van der Waals surface area contributed by atoms with E-state index in [-0.39, 0.29) is 0 Å². The Balaban J connectivity index is 0.000000149. The summed E-state index contributed by atoms with van der Waals surface area (Å²) < 4.78 is 0. The van der Waals surface area contributed by atoms with Crippen LogP contribution in [0.15, 0.2) is 78.2 Å². The minimum absolute atomic E-state index is 0.322. The van der Waals surface area contributed by atoms with Gasteiger partial charge >= 0.3 is 0 Å². The van der Waals surface area contributed by atoms with Gasteiger partial charge in [0.05, 0.1) is 0 Å². The van der Waals surface area contributed by atoms with Crippen molar-refractivity contribution in [3.63, 3.8) is 0 Å². The van der Waals surface area contributed by atoms with Crippen molar-refractivity contribution >= 4 is 11.3 Å². The van der Waals surface area contributed by atoms with Gasteiger partial charge in [0.25, 0.3) is 0 Å². The Morgan fingerprint density at radius 2 is 1.28 bits per heavy atom. The van der Waals surface area contributed by atoms with Crippen LogP contribution in [0.1, 0.15) is 0 Å². The van der Waals surface area contributed by atoms with Gasteiger partial charge in [0, 0.05) is 4.88 Å². The van der Waals surface area contributed by atoms with Crippen molar-refractivity contribution in [2.75, 3.05) is 0 Å². The van der Waals surface area contributed by atoms with Crippen molar-refractivity contribution in [3.05, 3.63) is 78.2 Å². The average Bonchev–Trinajstić information content (AvgIpc) is 2.95. The second-order valence-electron chi connectivity index (χ2n) is 3.68. The second kappa shape index (κ2) is 6.62. The lowest BCUT2D eigenvalue weighted by atomic mass is 10.2. The van der Waals surface area contributed by atoms with Crippen LogP contribution in [0.25, 0.3) is 10.4 Å². The van der Waals surface area contributed by atoms with Crippen LogP contribution in [0.4, 0.5) is 0 Å². The van der Waals surface area contributed by atoms with Gasteiger partial charge in [0.15, 0.2) is 0 Å². The van der Waals surface area contributed by atoms with Gasteiger partial charge in [-0.05, 0) is 29.1 Å². The highest BCUT2D eigenvalue weighted by atomic mass is 32.1. The minimum Gasteiger partial charge on any atom is -0.508 e. The Kier molecular flexibility index (Phi) is 4.56. The van der Waals surface area contributed by atoms with E-state index in [4.69, 9.17) is 5.11 Å². The first kappa shape index (κ1) is 12.4. The quantitative estimate of drug-likeness (QED) is 0.661. The third kappa shape index (κ3) is 3.75. The molecule has 0 fully saturated rings. The van der Waals surface area contributed by atoms with E-state index in [0.717, 1.165) is 0 Å². The van der Waals surface area contributed by atoms with Crippen LogP contribution >= 0.6 is 11.3 Å². The van der Waals surface area contributed by atoms with Gasteiger partial charge in [0.1, 0.15) is 5.75 Å². The van der Waals surface area contributed by atoms with Gasteiger partial charge in [-0.3, -0.25) is 0 Å². The number of rotatable bonds is 1. The number of para-hydroxylation sites is 1. The van der Waals surface area contributed by atoms with Gasteiger partial charge in [-0.1, -0.05) is 54.6 Å². The molecule has 0 bridgehead atoms. The number of phenols is 1. The molecule has 0 spiro atoms. The van der Waals surface area contributed by atoms with Crippen molar-refractivity contribution in [2.24, 2.45) is 0 Å². The van der Waals surface area contributed by atoms with E-state index < -0.39 is 0 Å². The Bertz CT molecular complexity index is 544. The van der Waals surface area contributed by atoms with Crippen LogP contribution in [-0.2, 0) is 0 Å². The first-order valence-electron chi connectivity index (χ1n) is 5.69. The molecule has 3 rings (SSSR count). The summed E-state index contributed by atoms with van der Waals surface area (Å²) in [7, 11) is 0. The van der Waals surface area contributed by atoms with Crippen molar-refractivity contribution in [1.82, 2.24) is 0 Å². The van der Waals surface area contributed by atoms with E-state index in [1.807, 2.05) is 12.1 Å². The van der Waals surface area contributed by atoms with Crippen LogP contribution in [0, 0.1) is 0 Å². The highest BCUT2D eigenvalue weighted by Crippen LogP contribution is 2.23. The molecule has 0 saturated carbocycles. The normalized spacial score (nSPS) is 9.33. The second-order valence-corrected chi connectivity index (χ2v) is 4.63. The van der Waals surface area contributed by atoms with E-state index >= 15 is 0 Å². The molecule has 1 heterocycles. The number of hydrogen-bond donors (Lipinski definition) is 1. The maximum Gasteiger partial charge on any atom is 0.115 e. The number of thiophene rings is 1. The largest absolute Gasteiger partial charge is 0.508 e. The predicted molar refractivity (Wildman–Crippen MR) is 77.9 cm³/mol. The lowest BCUT2D eigenvalue weighted by Gasteiger charge is -1.93. The molecule has 1 N–H and O–H groups in total. The molecule has 2 heteroatoms. The summed E-state index contributed by atoms with van der Waals surface area (Å²) in [6.07, 6.45) is 0. The molecule has 0 saturated heterocycles. The average molecular weight is 254 g/mol. The van der Waals surface area contributed by atoms with E-state index in [0.29, 0.717) is 5.75 Å².